The number of hydrogen-bond acceptors (Lipinski definition) is 6. The Labute approximate surface area is 155 Å². The lowest BCUT2D eigenvalue weighted by molar-refractivity contribution is 0.101. The highest BCUT2D eigenvalue weighted by Crippen LogP contribution is 2.32. The van der Waals surface area contributed by atoms with Crippen LogP contribution in [0.3, 0.4) is 0 Å². The van der Waals surface area contributed by atoms with Gasteiger partial charge in [-0.05, 0) is 32.8 Å². The minimum atomic E-state index is -0.306. The molecule has 4 heterocycles. The van der Waals surface area contributed by atoms with E-state index in [1.807, 2.05) is 11.6 Å². The van der Waals surface area contributed by atoms with Crippen LogP contribution in [0.15, 0.2) is 17.1 Å². The molecule has 1 aliphatic rings. The van der Waals surface area contributed by atoms with Gasteiger partial charge in [0.15, 0.2) is 11.3 Å². The quantitative estimate of drug-likeness (QED) is 0.711. The highest BCUT2D eigenvalue weighted by molar-refractivity contribution is 5.95. The minimum Gasteiger partial charge on any atom is -0.477 e. The van der Waals surface area contributed by atoms with Gasteiger partial charge in [0.2, 0.25) is 5.88 Å². The molecule has 3 aromatic heterocycles. The van der Waals surface area contributed by atoms with Gasteiger partial charge in [-0.25, -0.2) is 9.97 Å². The third kappa shape index (κ3) is 2.90. The molecule has 1 unspecified atom stereocenters. The van der Waals surface area contributed by atoms with Gasteiger partial charge >= 0.3 is 0 Å². The van der Waals surface area contributed by atoms with Crippen molar-refractivity contribution in [3.8, 4) is 17.3 Å². The summed E-state index contributed by atoms with van der Waals surface area (Å²) in [5, 5.41) is 4.45. The first kappa shape index (κ1) is 17.4. The van der Waals surface area contributed by atoms with Gasteiger partial charge in [0.25, 0.3) is 5.56 Å². The molecule has 0 aliphatic carbocycles. The number of aryl methyl sites for hydroxylation is 1. The highest BCUT2D eigenvalue weighted by atomic mass is 16.5. The number of carbonyl (C=O) groups excluding carboxylic acids is 1. The predicted octanol–water partition coefficient (Wildman–Crippen LogP) is 2.68. The van der Waals surface area contributed by atoms with Gasteiger partial charge in [-0.2, -0.15) is 5.10 Å². The second-order valence-electron chi connectivity index (χ2n) is 6.83. The van der Waals surface area contributed by atoms with Crippen molar-refractivity contribution in [2.75, 3.05) is 6.61 Å². The third-order valence-electron chi connectivity index (χ3n) is 4.90. The molecule has 140 valence electrons. The van der Waals surface area contributed by atoms with Crippen LogP contribution in [0.5, 0.6) is 5.88 Å². The highest BCUT2D eigenvalue weighted by Gasteiger charge is 2.25. The molecule has 0 fully saturated rings. The van der Waals surface area contributed by atoms with Crippen molar-refractivity contribution in [2.45, 2.75) is 46.1 Å². The van der Waals surface area contributed by atoms with Crippen molar-refractivity contribution < 1.29 is 9.53 Å². The fourth-order valence-corrected chi connectivity index (χ4v) is 3.57. The average Bonchev–Trinajstić information content (AvgIpc) is 3.02. The number of carbonyl (C=O) groups is 1. The van der Waals surface area contributed by atoms with Gasteiger partial charge < -0.3 is 9.72 Å². The van der Waals surface area contributed by atoms with Gasteiger partial charge in [0.05, 0.1) is 17.9 Å². The second kappa shape index (κ2) is 6.61. The van der Waals surface area contributed by atoms with E-state index in [1.165, 1.54) is 13.1 Å². The van der Waals surface area contributed by atoms with Crippen molar-refractivity contribution in [3.63, 3.8) is 0 Å². The lowest BCUT2D eigenvalue weighted by Crippen LogP contribution is -2.14. The molecule has 0 spiro atoms. The number of nitrogens with zero attached hydrogens (tertiary/aromatic N) is 4. The fraction of sp³-hybridized carbons (Fsp3) is 0.421. The number of Topliss-reactive ketones (excluding diaryl/α,β-unsaturated/α-hetero) is 1. The SMILES string of the molecule is CCOc1ncc(C(C)=O)cc1-c1nc2c3n(nc2c(=O)[nH]1)CCCC3C. The molecular formula is C19H21N5O3. The Morgan fingerprint density at radius 1 is 1.41 bits per heavy atom. The van der Waals surface area contributed by atoms with Crippen molar-refractivity contribution in [2.24, 2.45) is 0 Å². The first-order valence-corrected chi connectivity index (χ1v) is 9.14. The van der Waals surface area contributed by atoms with Crippen LogP contribution in [0.1, 0.15) is 55.6 Å². The van der Waals surface area contributed by atoms with Gasteiger partial charge in [0, 0.05) is 24.2 Å². The van der Waals surface area contributed by atoms with Crippen LogP contribution in [0.4, 0.5) is 0 Å². The molecule has 1 aliphatic heterocycles. The van der Waals surface area contributed by atoms with Gasteiger partial charge in [-0.1, -0.05) is 6.92 Å². The summed E-state index contributed by atoms with van der Waals surface area (Å²) < 4.78 is 7.48. The number of pyridine rings is 1. The number of hydrogen-bond donors (Lipinski definition) is 1. The second-order valence-corrected chi connectivity index (χ2v) is 6.83. The van der Waals surface area contributed by atoms with Gasteiger partial charge in [0.1, 0.15) is 11.3 Å². The first-order valence-electron chi connectivity index (χ1n) is 9.14. The molecule has 8 nitrogen and oxygen atoms in total. The largest absolute Gasteiger partial charge is 0.477 e. The van der Waals surface area contributed by atoms with E-state index in [0.29, 0.717) is 40.5 Å². The van der Waals surface area contributed by atoms with Crippen molar-refractivity contribution in [1.82, 2.24) is 24.7 Å². The summed E-state index contributed by atoms with van der Waals surface area (Å²) in [6.45, 7) is 6.64. The summed E-state index contributed by atoms with van der Waals surface area (Å²) in [7, 11) is 0. The molecule has 1 N–H and O–H groups in total. The van der Waals surface area contributed by atoms with E-state index in [1.54, 1.807) is 6.07 Å². The maximum atomic E-state index is 12.7. The Balaban J connectivity index is 1.97. The van der Waals surface area contributed by atoms with Crippen LogP contribution in [0.2, 0.25) is 0 Å². The lowest BCUT2D eigenvalue weighted by Gasteiger charge is -2.19. The standard InChI is InChI=1S/C19H21N5O3/c1-4-27-19-13(8-12(9-20-19)11(3)25)17-21-14-15(18(26)22-17)23-24-7-5-6-10(2)16(14)24/h8-10H,4-7H2,1-3H3,(H,21,22,26). The van der Waals surface area contributed by atoms with E-state index >= 15 is 0 Å². The van der Waals surface area contributed by atoms with Crippen LogP contribution in [-0.4, -0.2) is 37.1 Å². The van der Waals surface area contributed by atoms with Crippen LogP contribution in [0, 0.1) is 0 Å². The molecule has 3 aromatic rings. The van der Waals surface area contributed by atoms with E-state index in [4.69, 9.17) is 9.72 Å². The molecular weight excluding hydrogens is 346 g/mol. The number of nitrogens with one attached hydrogen (secondary N) is 1. The molecule has 27 heavy (non-hydrogen) atoms. The number of fused-ring (bicyclic) bond motifs is 3. The van der Waals surface area contributed by atoms with E-state index in [-0.39, 0.29) is 17.3 Å². The zero-order valence-electron chi connectivity index (χ0n) is 15.6. The summed E-state index contributed by atoms with van der Waals surface area (Å²) in [5.74, 6) is 0.824. The van der Waals surface area contributed by atoms with Gasteiger partial charge in [-0.15, -0.1) is 0 Å². The van der Waals surface area contributed by atoms with Crippen LogP contribution in [-0.2, 0) is 6.54 Å². The molecule has 1 atom stereocenters. The molecule has 0 amide bonds. The first-order chi connectivity index (χ1) is 13.0. The maximum Gasteiger partial charge on any atom is 0.279 e. The molecule has 8 heteroatoms. The minimum absolute atomic E-state index is 0.119. The zero-order valence-corrected chi connectivity index (χ0v) is 15.6. The lowest BCUT2D eigenvalue weighted by atomic mass is 9.97. The molecule has 4 rings (SSSR count). The van der Waals surface area contributed by atoms with Crippen molar-refractivity contribution >= 4 is 16.8 Å². The Bertz CT molecular complexity index is 1100. The van der Waals surface area contributed by atoms with Gasteiger partial charge in [-0.3, -0.25) is 14.3 Å². The molecule has 0 aromatic carbocycles. The van der Waals surface area contributed by atoms with Crippen LogP contribution >= 0.6 is 0 Å². The summed E-state index contributed by atoms with van der Waals surface area (Å²) in [5.41, 5.74) is 2.55. The molecule has 0 radical (unpaired) electrons. The maximum absolute atomic E-state index is 12.7. The summed E-state index contributed by atoms with van der Waals surface area (Å²) in [4.78, 5) is 36.2. The number of ketones is 1. The smallest absolute Gasteiger partial charge is 0.279 e. The number of aromatic nitrogens is 5. The monoisotopic (exact) mass is 367 g/mol. The topological polar surface area (TPSA) is 103 Å². The number of ether oxygens (including phenoxy) is 1. The van der Waals surface area contributed by atoms with Crippen LogP contribution in [0.25, 0.3) is 22.4 Å². The molecule has 0 bridgehead atoms. The van der Waals surface area contributed by atoms with Crippen molar-refractivity contribution in [3.05, 3.63) is 33.9 Å². The molecule has 0 saturated carbocycles. The average molecular weight is 367 g/mol. The van der Waals surface area contributed by atoms with Crippen molar-refractivity contribution in [1.29, 1.82) is 0 Å². The normalized spacial score (nSPS) is 16.3. The number of H-pyrrole nitrogens is 1. The van der Waals surface area contributed by atoms with Crippen LogP contribution < -0.4 is 10.3 Å². The van der Waals surface area contributed by atoms with E-state index in [9.17, 15) is 9.59 Å². The Morgan fingerprint density at radius 3 is 2.96 bits per heavy atom. The Morgan fingerprint density at radius 2 is 2.22 bits per heavy atom. The fourth-order valence-electron chi connectivity index (χ4n) is 3.57. The van der Waals surface area contributed by atoms with E-state index in [2.05, 4.69) is 22.0 Å². The Hall–Kier alpha value is -3.03. The molecule has 0 saturated heterocycles. The predicted molar refractivity (Wildman–Crippen MR) is 100 cm³/mol. The summed E-state index contributed by atoms with van der Waals surface area (Å²) in [6, 6.07) is 1.66. The van der Waals surface area contributed by atoms with E-state index in [0.717, 1.165) is 25.1 Å². The number of aromatic amines is 1. The summed E-state index contributed by atoms with van der Waals surface area (Å²) >= 11 is 0. The van der Waals surface area contributed by atoms with E-state index < -0.39 is 0 Å². The third-order valence-corrected chi connectivity index (χ3v) is 4.90. The number of rotatable bonds is 4. The Kier molecular flexibility index (Phi) is 4.25. The zero-order chi connectivity index (χ0) is 19.1. The summed E-state index contributed by atoms with van der Waals surface area (Å²) in [6.07, 6.45) is 3.54.